The highest BCUT2D eigenvalue weighted by atomic mass is 17.2. The van der Waals surface area contributed by atoms with Crippen molar-refractivity contribution in [2.75, 3.05) is 6.61 Å². The molecule has 1 aromatic rings. The fourth-order valence-electron chi connectivity index (χ4n) is 1.03. The molecule has 0 saturated carbocycles. The topological polar surface area (TPSA) is 18.5 Å². The van der Waals surface area contributed by atoms with Gasteiger partial charge in [0.15, 0.2) is 0 Å². The molecule has 0 aliphatic rings. The van der Waals surface area contributed by atoms with Gasteiger partial charge in [-0.25, -0.2) is 9.78 Å². The second-order valence-corrected chi connectivity index (χ2v) is 2.74. The van der Waals surface area contributed by atoms with Gasteiger partial charge >= 0.3 is 0 Å². The Kier molecular flexibility index (Phi) is 4.69. The molecule has 0 fully saturated rings. The molecule has 0 heterocycles. The van der Waals surface area contributed by atoms with E-state index in [0.717, 1.165) is 5.56 Å². The van der Waals surface area contributed by atoms with Gasteiger partial charge in [0, 0.05) is 0 Å². The fraction of sp³-hybridized carbons (Fsp3) is 0.167. The summed E-state index contributed by atoms with van der Waals surface area (Å²) < 4.78 is 0. The molecule has 0 aromatic heterocycles. The molecule has 0 radical (unpaired) electrons. The third kappa shape index (κ3) is 3.17. The van der Waals surface area contributed by atoms with Crippen molar-refractivity contribution in [1.82, 2.24) is 0 Å². The molecule has 2 heteroatoms. The first-order chi connectivity index (χ1) is 6.88. The largest absolute Gasteiger partial charge is 0.232 e. The highest BCUT2D eigenvalue weighted by Gasteiger charge is 2.06. The maximum atomic E-state index is 5.13. The summed E-state index contributed by atoms with van der Waals surface area (Å²) in [6, 6.07) is 9.77. The van der Waals surface area contributed by atoms with E-state index in [2.05, 4.69) is 13.2 Å². The van der Waals surface area contributed by atoms with E-state index in [1.54, 1.807) is 12.2 Å². The van der Waals surface area contributed by atoms with Gasteiger partial charge in [-0.05, 0) is 5.56 Å². The average Bonchev–Trinajstić information content (AvgIpc) is 2.26. The Morgan fingerprint density at radius 1 is 1.21 bits per heavy atom. The van der Waals surface area contributed by atoms with E-state index < -0.39 is 0 Å². The zero-order chi connectivity index (χ0) is 10.2. The molecular formula is C12H14O2. The van der Waals surface area contributed by atoms with E-state index in [9.17, 15) is 0 Å². The first-order valence-electron chi connectivity index (χ1n) is 4.45. The molecule has 0 amide bonds. The zero-order valence-electron chi connectivity index (χ0n) is 8.06. The van der Waals surface area contributed by atoms with Crippen LogP contribution in [0.15, 0.2) is 55.6 Å². The molecule has 1 aromatic carbocycles. The van der Waals surface area contributed by atoms with E-state index in [0.29, 0.717) is 6.61 Å². The van der Waals surface area contributed by atoms with Gasteiger partial charge in [-0.3, -0.25) is 0 Å². The number of hydrogen-bond acceptors (Lipinski definition) is 2. The molecule has 0 bridgehead atoms. The molecule has 1 unspecified atom stereocenters. The molecule has 0 saturated heterocycles. The van der Waals surface area contributed by atoms with Crippen LogP contribution in [-0.2, 0) is 9.78 Å². The zero-order valence-corrected chi connectivity index (χ0v) is 8.06. The number of benzene rings is 1. The van der Waals surface area contributed by atoms with Crippen molar-refractivity contribution in [3.8, 4) is 0 Å². The lowest BCUT2D eigenvalue weighted by Gasteiger charge is -2.11. The van der Waals surface area contributed by atoms with E-state index >= 15 is 0 Å². The van der Waals surface area contributed by atoms with E-state index in [4.69, 9.17) is 9.78 Å². The first kappa shape index (κ1) is 10.7. The first-order valence-corrected chi connectivity index (χ1v) is 4.45. The van der Waals surface area contributed by atoms with Gasteiger partial charge in [-0.2, -0.15) is 0 Å². The summed E-state index contributed by atoms with van der Waals surface area (Å²) in [5, 5.41) is 0. The summed E-state index contributed by atoms with van der Waals surface area (Å²) >= 11 is 0. The number of rotatable bonds is 6. The van der Waals surface area contributed by atoms with Crippen molar-refractivity contribution in [3.63, 3.8) is 0 Å². The van der Waals surface area contributed by atoms with E-state index in [-0.39, 0.29) is 6.10 Å². The lowest BCUT2D eigenvalue weighted by atomic mass is 10.1. The van der Waals surface area contributed by atoms with Crippen LogP contribution < -0.4 is 0 Å². The molecule has 14 heavy (non-hydrogen) atoms. The van der Waals surface area contributed by atoms with E-state index in [1.807, 2.05) is 30.3 Å². The predicted octanol–water partition coefficient (Wildman–Crippen LogP) is 3.05. The van der Waals surface area contributed by atoms with Gasteiger partial charge in [0.25, 0.3) is 0 Å². The van der Waals surface area contributed by atoms with Crippen LogP contribution in [0.3, 0.4) is 0 Å². The van der Waals surface area contributed by atoms with Crippen LogP contribution in [0.1, 0.15) is 11.7 Å². The van der Waals surface area contributed by atoms with Crippen LogP contribution in [0.4, 0.5) is 0 Å². The normalized spacial score (nSPS) is 12.0. The molecule has 74 valence electrons. The third-order valence-corrected chi connectivity index (χ3v) is 1.70. The summed E-state index contributed by atoms with van der Waals surface area (Å²) in [5.41, 5.74) is 1.02. The van der Waals surface area contributed by atoms with Crippen LogP contribution in [0.2, 0.25) is 0 Å². The Morgan fingerprint density at radius 2 is 1.93 bits per heavy atom. The van der Waals surface area contributed by atoms with Crippen molar-refractivity contribution < 1.29 is 9.78 Å². The van der Waals surface area contributed by atoms with Gasteiger partial charge < -0.3 is 0 Å². The molecule has 1 atom stereocenters. The maximum Gasteiger partial charge on any atom is 0.136 e. The quantitative estimate of drug-likeness (QED) is 0.297. The SMILES string of the molecule is C=CCOOC(C=C)c1ccccc1. The second kappa shape index (κ2) is 6.13. The minimum absolute atomic E-state index is 0.226. The summed E-state index contributed by atoms with van der Waals surface area (Å²) in [6.07, 6.45) is 3.10. The highest BCUT2D eigenvalue weighted by molar-refractivity contribution is 5.20. The van der Waals surface area contributed by atoms with Crippen molar-refractivity contribution in [1.29, 1.82) is 0 Å². The van der Waals surface area contributed by atoms with Gasteiger partial charge in [-0.15, -0.1) is 13.2 Å². The lowest BCUT2D eigenvalue weighted by molar-refractivity contribution is -0.309. The molecule has 2 nitrogen and oxygen atoms in total. The molecule has 0 aliphatic carbocycles. The van der Waals surface area contributed by atoms with Crippen LogP contribution >= 0.6 is 0 Å². The predicted molar refractivity (Wildman–Crippen MR) is 56.6 cm³/mol. The van der Waals surface area contributed by atoms with Crippen molar-refractivity contribution in [3.05, 3.63) is 61.2 Å². The van der Waals surface area contributed by atoms with Gasteiger partial charge in [0.05, 0.1) is 0 Å². The van der Waals surface area contributed by atoms with Gasteiger partial charge in [0.1, 0.15) is 12.7 Å². The Bertz CT molecular complexity index is 280. The Labute approximate surface area is 84.4 Å². The second-order valence-electron chi connectivity index (χ2n) is 2.74. The summed E-state index contributed by atoms with van der Waals surface area (Å²) in [5.74, 6) is 0. The van der Waals surface area contributed by atoms with Gasteiger partial charge in [-0.1, -0.05) is 42.5 Å². The lowest BCUT2D eigenvalue weighted by Crippen LogP contribution is -2.02. The molecule has 1 rings (SSSR count). The summed E-state index contributed by atoms with van der Waals surface area (Å²) in [6.45, 7) is 7.58. The van der Waals surface area contributed by atoms with Crippen LogP contribution in [0, 0.1) is 0 Å². The molecule has 0 aliphatic heterocycles. The third-order valence-electron chi connectivity index (χ3n) is 1.70. The standard InChI is InChI=1S/C12H14O2/c1-3-10-13-14-12(4-2)11-8-6-5-7-9-11/h3-9,12H,1-2,10H2. The van der Waals surface area contributed by atoms with Crippen LogP contribution in [-0.4, -0.2) is 6.61 Å². The summed E-state index contributed by atoms with van der Waals surface area (Å²) in [7, 11) is 0. The van der Waals surface area contributed by atoms with Gasteiger partial charge in [0.2, 0.25) is 0 Å². The average molecular weight is 190 g/mol. The van der Waals surface area contributed by atoms with Crippen molar-refractivity contribution >= 4 is 0 Å². The van der Waals surface area contributed by atoms with Crippen molar-refractivity contribution in [2.24, 2.45) is 0 Å². The minimum atomic E-state index is -0.226. The molecule has 0 spiro atoms. The number of hydrogen-bond donors (Lipinski definition) is 0. The Hall–Kier alpha value is -1.38. The summed E-state index contributed by atoms with van der Waals surface area (Å²) in [4.78, 5) is 10.0. The smallest absolute Gasteiger partial charge is 0.136 e. The van der Waals surface area contributed by atoms with Crippen molar-refractivity contribution in [2.45, 2.75) is 6.10 Å². The monoisotopic (exact) mass is 190 g/mol. The maximum absolute atomic E-state index is 5.13. The van der Waals surface area contributed by atoms with Crippen LogP contribution in [0.25, 0.3) is 0 Å². The highest BCUT2D eigenvalue weighted by Crippen LogP contribution is 2.17. The Morgan fingerprint density at radius 3 is 2.50 bits per heavy atom. The van der Waals surface area contributed by atoms with E-state index in [1.165, 1.54) is 0 Å². The molecular weight excluding hydrogens is 176 g/mol. The van der Waals surface area contributed by atoms with Crippen LogP contribution in [0.5, 0.6) is 0 Å². The minimum Gasteiger partial charge on any atom is -0.232 e. The Balaban J connectivity index is 2.54. The molecule has 0 N–H and O–H groups in total. The fourth-order valence-corrected chi connectivity index (χ4v) is 1.03.